The van der Waals surface area contributed by atoms with Crippen LogP contribution in [-0.2, 0) is 4.79 Å². The Balaban J connectivity index is 2.89. The van der Waals surface area contributed by atoms with Crippen molar-refractivity contribution in [3.8, 4) is 0 Å². The normalized spacial score (nSPS) is 13.2. The van der Waals surface area contributed by atoms with E-state index in [4.69, 9.17) is 10.8 Å². The second kappa shape index (κ2) is 4.66. The summed E-state index contributed by atoms with van der Waals surface area (Å²) in [6.07, 6.45) is 0. The van der Waals surface area contributed by atoms with Crippen molar-refractivity contribution in [2.75, 3.05) is 0 Å². The van der Waals surface area contributed by atoms with Crippen LogP contribution >= 0.6 is 0 Å². The predicted molar refractivity (Wildman–Crippen MR) is 71.6 cm³/mol. The third kappa shape index (κ3) is 2.00. The fraction of sp³-hybridized carbons (Fsp3) is 0.357. The highest BCUT2D eigenvalue weighted by atomic mass is 19.1. The number of carbonyl (C=O) groups is 1. The number of carboxylic acid groups (broad SMARTS) is 1. The Morgan fingerprint density at radius 1 is 1.42 bits per heavy atom. The van der Waals surface area contributed by atoms with E-state index in [0.717, 1.165) is 0 Å². The van der Waals surface area contributed by atoms with Crippen molar-refractivity contribution in [1.29, 1.82) is 0 Å². The maximum atomic E-state index is 14.1. The maximum Gasteiger partial charge on any atom is 0.325 e. The van der Waals surface area contributed by atoms with Gasteiger partial charge in [0.05, 0.1) is 5.52 Å². The average Bonchev–Trinajstić information content (AvgIpc) is 2.62. The van der Waals surface area contributed by atoms with Gasteiger partial charge < -0.3 is 15.4 Å². The van der Waals surface area contributed by atoms with Gasteiger partial charge in [-0.2, -0.15) is 0 Å². The van der Waals surface area contributed by atoms with Gasteiger partial charge in [-0.3, -0.25) is 4.79 Å². The van der Waals surface area contributed by atoms with Crippen LogP contribution in [0.15, 0.2) is 18.2 Å². The van der Waals surface area contributed by atoms with Crippen molar-refractivity contribution in [1.82, 2.24) is 4.57 Å². The molecule has 0 saturated carbocycles. The lowest BCUT2D eigenvalue weighted by molar-refractivity contribution is -0.138. The molecule has 0 radical (unpaired) electrons. The number of hydrogen-bond acceptors (Lipinski definition) is 2. The molecule has 1 aromatic carbocycles. The molecule has 1 heterocycles. The number of carboxylic acids is 1. The van der Waals surface area contributed by atoms with Gasteiger partial charge in [0.2, 0.25) is 0 Å². The van der Waals surface area contributed by atoms with E-state index in [9.17, 15) is 9.18 Å². The molecule has 0 spiro atoms. The molecule has 0 aliphatic rings. The number of benzene rings is 1. The average molecular weight is 264 g/mol. The van der Waals surface area contributed by atoms with Crippen LogP contribution < -0.4 is 5.73 Å². The number of hydrogen-bond donors (Lipinski definition) is 2. The van der Waals surface area contributed by atoms with E-state index in [2.05, 4.69) is 0 Å². The highest BCUT2D eigenvalue weighted by Crippen LogP contribution is 2.33. The Hall–Kier alpha value is -1.88. The molecule has 0 aliphatic heterocycles. The molecule has 1 unspecified atom stereocenters. The zero-order chi connectivity index (χ0) is 14.3. The fourth-order valence-corrected chi connectivity index (χ4v) is 2.63. The van der Waals surface area contributed by atoms with Crippen LogP contribution in [0.2, 0.25) is 0 Å². The van der Waals surface area contributed by atoms with Gasteiger partial charge in [0.1, 0.15) is 11.9 Å². The van der Waals surface area contributed by atoms with Crippen LogP contribution in [0.4, 0.5) is 4.39 Å². The van der Waals surface area contributed by atoms with Crippen molar-refractivity contribution < 1.29 is 14.3 Å². The Labute approximate surface area is 110 Å². The SMILES string of the molecule is Cc1c(C(N)C(=O)O)c2cccc(F)c2n1C(C)C. The summed E-state index contributed by atoms with van der Waals surface area (Å²) in [6.45, 7) is 5.63. The first kappa shape index (κ1) is 13.5. The van der Waals surface area contributed by atoms with E-state index in [-0.39, 0.29) is 11.9 Å². The molecule has 0 aliphatic carbocycles. The summed E-state index contributed by atoms with van der Waals surface area (Å²) in [5, 5.41) is 9.68. The number of para-hydroxylation sites is 1. The number of nitrogens with zero attached hydrogens (tertiary/aromatic N) is 1. The minimum atomic E-state index is -1.15. The monoisotopic (exact) mass is 264 g/mol. The molecule has 0 saturated heterocycles. The molecule has 1 atom stereocenters. The standard InChI is InChI=1S/C14H17FN2O2/c1-7(2)17-8(3)11(12(16)14(18)19)9-5-4-6-10(15)13(9)17/h4-7,12H,16H2,1-3H3,(H,18,19). The third-order valence-corrected chi connectivity index (χ3v) is 3.36. The molecule has 4 nitrogen and oxygen atoms in total. The molecule has 3 N–H and O–H groups in total. The first-order chi connectivity index (χ1) is 8.86. The number of aliphatic carboxylic acids is 1. The first-order valence-electron chi connectivity index (χ1n) is 6.13. The number of fused-ring (bicyclic) bond motifs is 1. The van der Waals surface area contributed by atoms with Crippen molar-refractivity contribution in [2.24, 2.45) is 5.73 Å². The third-order valence-electron chi connectivity index (χ3n) is 3.36. The van der Waals surface area contributed by atoms with Gasteiger partial charge in [-0.25, -0.2) is 4.39 Å². The second-order valence-corrected chi connectivity index (χ2v) is 4.91. The van der Waals surface area contributed by atoms with Gasteiger partial charge in [-0.1, -0.05) is 12.1 Å². The summed E-state index contributed by atoms with van der Waals surface area (Å²) in [5.74, 6) is -1.48. The maximum absolute atomic E-state index is 14.1. The smallest absolute Gasteiger partial charge is 0.325 e. The lowest BCUT2D eigenvalue weighted by Gasteiger charge is -2.13. The van der Waals surface area contributed by atoms with Crippen LogP contribution in [0, 0.1) is 12.7 Å². The van der Waals surface area contributed by atoms with E-state index < -0.39 is 12.0 Å². The molecule has 0 amide bonds. The molecule has 5 heteroatoms. The summed E-state index contributed by atoms with van der Waals surface area (Å²) < 4.78 is 15.9. The lowest BCUT2D eigenvalue weighted by Crippen LogP contribution is -2.21. The van der Waals surface area contributed by atoms with Crippen molar-refractivity contribution in [3.63, 3.8) is 0 Å². The summed E-state index contributed by atoms with van der Waals surface area (Å²) >= 11 is 0. The van der Waals surface area contributed by atoms with Gasteiger partial charge >= 0.3 is 5.97 Å². The van der Waals surface area contributed by atoms with Gasteiger partial charge in [0, 0.05) is 22.7 Å². The second-order valence-electron chi connectivity index (χ2n) is 4.91. The number of aromatic nitrogens is 1. The van der Waals surface area contributed by atoms with Crippen molar-refractivity contribution in [2.45, 2.75) is 32.9 Å². The van der Waals surface area contributed by atoms with Crippen molar-refractivity contribution >= 4 is 16.9 Å². The zero-order valence-corrected chi connectivity index (χ0v) is 11.1. The van der Waals surface area contributed by atoms with Gasteiger partial charge in [-0.15, -0.1) is 0 Å². The Morgan fingerprint density at radius 3 is 2.58 bits per heavy atom. The van der Waals surface area contributed by atoms with E-state index in [1.807, 2.05) is 13.8 Å². The summed E-state index contributed by atoms with van der Waals surface area (Å²) in [6, 6.07) is 3.53. The summed E-state index contributed by atoms with van der Waals surface area (Å²) in [5.41, 5.74) is 7.33. The molecular formula is C14H17FN2O2. The predicted octanol–water partition coefficient (Wildman–Crippen LogP) is 2.75. The summed E-state index contributed by atoms with van der Waals surface area (Å²) in [4.78, 5) is 11.1. The van der Waals surface area contributed by atoms with Gasteiger partial charge in [0.25, 0.3) is 0 Å². The number of rotatable bonds is 3. The Bertz CT molecular complexity index is 646. The summed E-state index contributed by atoms with van der Waals surface area (Å²) in [7, 11) is 0. The molecule has 0 bridgehead atoms. The van der Waals surface area contributed by atoms with E-state index in [0.29, 0.717) is 22.2 Å². The molecule has 0 fully saturated rings. The minimum Gasteiger partial charge on any atom is -0.480 e. The molecule has 1 aromatic heterocycles. The first-order valence-corrected chi connectivity index (χ1v) is 6.13. The zero-order valence-electron chi connectivity index (χ0n) is 11.1. The molecule has 19 heavy (non-hydrogen) atoms. The molecule has 102 valence electrons. The van der Waals surface area contributed by atoms with Crippen LogP contribution in [0.25, 0.3) is 10.9 Å². The van der Waals surface area contributed by atoms with Crippen molar-refractivity contribution in [3.05, 3.63) is 35.3 Å². The molecule has 2 aromatic rings. The highest BCUT2D eigenvalue weighted by molar-refractivity contribution is 5.91. The lowest BCUT2D eigenvalue weighted by atomic mass is 10.0. The quantitative estimate of drug-likeness (QED) is 0.895. The van der Waals surface area contributed by atoms with E-state index >= 15 is 0 Å². The Kier molecular flexibility index (Phi) is 3.32. The van der Waals surface area contributed by atoms with Crippen LogP contribution in [0.5, 0.6) is 0 Å². The Morgan fingerprint density at radius 2 is 2.05 bits per heavy atom. The van der Waals surface area contributed by atoms with Gasteiger partial charge in [0.15, 0.2) is 0 Å². The minimum absolute atomic E-state index is 0.0224. The highest BCUT2D eigenvalue weighted by Gasteiger charge is 2.26. The van der Waals surface area contributed by atoms with Gasteiger partial charge in [-0.05, 0) is 26.8 Å². The fourth-order valence-electron chi connectivity index (χ4n) is 2.63. The molecular weight excluding hydrogens is 247 g/mol. The topological polar surface area (TPSA) is 68.2 Å². The van der Waals surface area contributed by atoms with E-state index in [1.54, 1.807) is 23.6 Å². The van der Waals surface area contributed by atoms with Crippen LogP contribution in [0.3, 0.4) is 0 Å². The number of nitrogens with two attached hydrogens (primary N) is 1. The van der Waals surface area contributed by atoms with E-state index in [1.165, 1.54) is 6.07 Å². The molecule has 2 rings (SSSR count). The van der Waals surface area contributed by atoms with Crippen LogP contribution in [-0.4, -0.2) is 15.6 Å². The number of halogens is 1. The largest absolute Gasteiger partial charge is 0.480 e. The van der Waals surface area contributed by atoms with Crippen LogP contribution in [0.1, 0.15) is 37.2 Å².